The summed E-state index contributed by atoms with van der Waals surface area (Å²) in [6, 6.07) is 7.93. The molecule has 0 aliphatic heterocycles. The van der Waals surface area contributed by atoms with Crippen LogP contribution in [0.5, 0.6) is 0 Å². The summed E-state index contributed by atoms with van der Waals surface area (Å²) < 4.78 is 28.2. The van der Waals surface area contributed by atoms with Crippen LogP contribution >= 0.6 is 0 Å². The molecule has 0 radical (unpaired) electrons. The van der Waals surface area contributed by atoms with Gasteiger partial charge in [0.2, 0.25) is 10.0 Å². The second-order valence-corrected chi connectivity index (χ2v) is 8.80. The summed E-state index contributed by atoms with van der Waals surface area (Å²) in [5.74, 6) is -0.384. The molecular formula is C18H21N3O3S. The highest BCUT2D eigenvalue weighted by Gasteiger charge is 2.32. The molecule has 2 aliphatic carbocycles. The van der Waals surface area contributed by atoms with Crippen LogP contribution in [0.2, 0.25) is 0 Å². The first-order valence-corrected chi connectivity index (χ1v) is 10.3. The van der Waals surface area contributed by atoms with Gasteiger partial charge >= 0.3 is 0 Å². The van der Waals surface area contributed by atoms with Crippen LogP contribution in [0.25, 0.3) is 5.69 Å². The third kappa shape index (κ3) is 3.33. The maximum atomic E-state index is 12.6. The number of aryl methyl sites for hydroxylation is 1. The number of fused-ring (bicyclic) bond motifs is 1. The van der Waals surface area contributed by atoms with Crippen LogP contribution in [-0.2, 0) is 22.9 Å². The van der Waals surface area contributed by atoms with Gasteiger partial charge in [0.25, 0.3) is 5.91 Å². The Hall–Kier alpha value is -2.15. The fraction of sp³-hybridized carbons (Fsp3) is 0.444. The van der Waals surface area contributed by atoms with Crippen molar-refractivity contribution in [3.63, 3.8) is 0 Å². The zero-order valence-electron chi connectivity index (χ0n) is 14.2. The highest BCUT2D eigenvalue weighted by molar-refractivity contribution is 7.90. The van der Waals surface area contributed by atoms with Gasteiger partial charge in [0.1, 0.15) is 0 Å². The maximum Gasteiger partial charge on any atom is 0.285 e. The van der Waals surface area contributed by atoms with Crippen molar-refractivity contribution in [2.45, 2.75) is 39.0 Å². The number of hydrogen-bond acceptors (Lipinski definition) is 4. The highest BCUT2D eigenvalue weighted by atomic mass is 32.2. The number of rotatable bonds is 5. The molecule has 7 heteroatoms. The smallest absolute Gasteiger partial charge is 0.266 e. The predicted octanol–water partition coefficient (Wildman–Crippen LogP) is 2.14. The van der Waals surface area contributed by atoms with Gasteiger partial charge in [-0.3, -0.25) is 4.79 Å². The van der Waals surface area contributed by atoms with E-state index >= 15 is 0 Å². The van der Waals surface area contributed by atoms with E-state index in [-0.39, 0.29) is 17.4 Å². The molecule has 0 unspecified atom stereocenters. The molecule has 1 heterocycles. The van der Waals surface area contributed by atoms with E-state index in [9.17, 15) is 13.2 Å². The van der Waals surface area contributed by atoms with Crippen LogP contribution in [0.4, 0.5) is 0 Å². The van der Waals surface area contributed by atoms with Crippen molar-refractivity contribution in [2.75, 3.05) is 5.75 Å². The first-order valence-electron chi connectivity index (χ1n) is 8.65. The molecule has 1 fully saturated rings. The zero-order chi connectivity index (χ0) is 17.6. The van der Waals surface area contributed by atoms with Gasteiger partial charge in [0.15, 0.2) is 5.69 Å². The van der Waals surface area contributed by atoms with E-state index in [0.29, 0.717) is 0 Å². The lowest BCUT2D eigenvalue weighted by Crippen LogP contribution is -2.34. The molecule has 132 valence electrons. The van der Waals surface area contributed by atoms with Gasteiger partial charge in [-0.25, -0.2) is 17.8 Å². The highest BCUT2D eigenvalue weighted by Crippen LogP contribution is 2.31. The van der Waals surface area contributed by atoms with E-state index in [1.807, 2.05) is 31.2 Å². The van der Waals surface area contributed by atoms with Gasteiger partial charge in [-0.2, -0.15) is 5.10 Å². The molecule has 1 N–H and O–H groups in total. The van der Waals surface area contributed by atoms with Crippen LogP contribution in [-0.4, -0.2) is 29.9 Å². The standard InChI is InChI=1S/C18H21N3O3S/c1-12-5-9-14(10-6-12)21-16-4-2-3-15(16)17(19-21)18(22)20-25(23,24)11-13-7-8-13/h5-6,9-10,13H,2-4,7-8,11H2,1H3,(H,20,22). The van der Waals surface area contributed by atoms with Crippen molar-refractivity contribution in [3.05, 3.63) is 46.8 Å². The van der Waals surface area contributed by atoms with Crippen molar-refractivity contribution in [1.29, 1.82) is 0 Å². The maximum absolute atomic E-state index is 12.6. The molecular weight excluding hydrogens is 338 g/mol. The number of carbonyl (C=O) groups is 1. The quantitative estimate of drug-likeness (QED) is 0.887. The van der Waals surface area contributed by atoms with Gasteiger partial charge < -0.3 is 0 Å². The van der Waals surface area contributed by atoms with Gasteiger partial charge in [-0.05, 0) is 57.1 Å². The van der Waals surface area contributed by atoms with Crippen molar-refractivity contribution in [3.8, 4) is 5.69 Å². The lowest BCUT2D eigenvalue weighted by atomic mass is 10.2. The van der Waals surface area contributed by atoms with E-state index in [4.69, 9.17) is 0 Å². The topological polar surface area (TPSA) is 81.1 Å². The van der Waals surface area contributed by atoms with Gasteiger partial charge in [-0.1, -0.05) is 17.7 Å². The fourth-order valence-corrected chi connectivity index (χ4v) is 4.76. The van der Waals surface area contributed by atoms with Gasteiger partial charge in [0.05, 0.1) is 11.4 Å². The summed E-state index contributed by atoms with van der Waals surface area (Å²) in [6.07, 6.45) is 4.40. The number of nitrogens with one attached hydrogen (secondary N) is 1. The predicted molar refractivity (Wildman–Crippen MR) is 94.3 cm³/mol. The number of carbonyl (C=O) groups excluding carboxylic acids is 1. The lowest BCUT2D eigenvalue weighted by molar-refractivity contribution is 0.0975. The Balaban J connectivity index is 1.65. The van der Waals surface area contributed by atoms with Crippen LogP contribution in [0.15, 0.2) is 24.3 Å². The first-order chi connectivity index (χ1) is 11.9. The Kier molecular flexibility index (Phi) is 3.91. The number of hydrogen-bond donors (Lipinski definition) is 1. The molecule has 1 aromatic heterocycles. The van der Waals surface area contributed by atoms with Crippen LogP contribution < -0.4 is 4.72 Å². The Morgan fingerprint density at radius 3 is 2.64 bits per heavy atom. The third-order valence-electron chi connectivity index (χ3n) is 4.82. The van der Waals surface area contributed by atoms with Gasteiger partial charge in [-0.15, -0.1) is 0 Å². The molecule has 0 spiro atoms. The number of benzene rings is 1. The second kappa shape index (κ2) is 5.98. The molecule has 1 amide bonds. The minimum Gasteiger partial charge on any atom is -0.266 e. The largest absolute Gasteiger partial charge is 0.285 e. The van der Waals surface area contributed by atoms with Crippen LogP contribution in [0.1, 0.15) is 46.6 Å². The molecule has 6 nitrogen and oxygen atoms in total. The summed E-state index contributed by atoms with van der Waals surface area (Å²) in [7, 11) is -3.59. The summed E-state index contributed by atoms with van der Waals surface area (Å²) >= 11 is 0. The second-order valence-electron chi connectivity index (χ2n) is 7.03. The average molecular weight is 359 g/mol. The minimum absolute atomic E-state index is 0.0274. The molecule has 2 aliphatic rings. The minimum atomic E-state index is -3.59. The van der Waals surface area contributed by atoms with E-state index in [1.165, 1.54) is 0 Å². The molecule has 1 aromatic carbocycles. The Morgan fingerprint density at radius 1 is 1.24 bits per heavy atom. The van der Waals surface area contributed by atoms with E-state index in [0.717, 1.165) is 54.6 Å². The Labute approximate surface area is 147 Å². The zero-order valence-corrected chi connectivity index (χ0v) is 15.0. The monoisotopic (exact) mass is 359 g/mol. The van der Waals surface area contributed by atoms with Crippen LogP contribution in [0, 0.1) is 12.8 Å². The molecule has 1 saturated carbocycles. The number of nitrogens with zero attached hydrogens (tertiary/aromatic N) is 2. The molecule has 25 heavy (non-hydrogen) atoms. The fourth-order valence-electron chi connectivity index (χ4n) is 3.35. The summed E-state index contributed by atoms with van der Waals surface area (Å²) in [6.45, 7) is 2.01. The van der Waals surface area contributed by atoms with Crippen molar-refractivity contribution < 1.29 is 13.2 Å². The van der Waals surface area contributed by atoms with Crippen molar-refractivity contribution in [1.82, 2.24) is 14.5 Å². The summed E-state index contributed by atoms with van der Waals surface area (Å²) in [5, 5.41) is 4.45. The molecule has 0 atom stereocenters. The van der Waals surface area contributed by atoms with E-state index in [2.05, 4.69) is 9.82 Å². The third-order valence-corrected chi connectivity index (χ3v) is 6.23. The average Bonchev–Trinajstić information content (AvgIpc) is 3.09. The van der Waals surface area contributed by atoms with Crippen LogP contribution in [0.3, 0.4) is 0 Å². The number of amides is 1. The summed E-state index contributed by atoms with van der Waals surface area (Å²) in [4.78, 5) is 12.6. The molecule has 2 aromatic rings. The number of aromatic nitrogens is 2. The normalized spacial score (nSPS) is 16.7. The van der Waals surface area contributed by atoms with E-state index in [1.54, 1.807) is 4.68 Å². The SMILES string of the molecule is Cc1ccc(-n2nc(C(=O)NS(=O)(=O)CC3CC3)c3c2CCC3)cc1. The molecule has 4 rings (SSSR count). The molecule has 0 saturated heterocycles. The van der Waals surface area contributed by atoms with Gasteiger partial charge in [0, 0.05) is 11.3 Å². The van der Waals surface area contributed by atoms with Crippen molar-refractivity contribution in [2.24, 2.45) is 5.92 Å². The molecule has 0 bridgehead atoms. The Morgan fingerprint density at radius 2 is 1.96 bits per heavy atom. The van der Waals surface area contributed by atoms with Crippen molar-refractivity contribution >= 4 is 15.9 Å². The summed E-state index contributed by atoms with van der Waals surface area (Å²) in [5.41, 5.74) is 4.17. The first kappa shape index (κ1) is 16.3. The number of sulfonamides is 1. The lowest BCUT2D eigenvalue weighted by Gasteiger charge is -2.06. The Bertz CT molecular complexity index is 925. The van der Waals surface area contributed by atoms with E-state index < -0.39 is 15.9 Å².